The highest BCUT2D eigenvalue weighted by atomic mass is 16.1. The summed E-state index contributed by atoms with van der Waals surface area (Å²) in [7, 11) is 0. The van der Waals surface area contributed by atoms with E-state index in [2.05, 4.69) is 67.8 Å². The Morgan fingerprint density at radius 2 is 1.61 bits per heavy atom. The molecule has 0 aromatic heterocycles. The van der Waals surface area contributed by atoms with Crippen LogP contribution in [0.2, 0.25) is 0 Å². The summed E-state index contributed by atoms with van der Waals surface area (Å²) >= 11 is 0. The predicted octanol–water partition coefficient (Wildman–Crippen LogP) is 2.42. The lowest BCUT2D eigenvalue weighted by molar-refractivity contribution is -0.676. The number of amides is 1. The molecule has 0 saturated heterocycles. The molecule has 0 radical (unpaired) electrons. The summed E-state index contributed by atoms with van der Waals surface area (Å²) in [4.78, 5) is 12.0. The van der Waals surface area contributed by atoms with Crippen molar-refractivity contribution >= 4 is 5.91 Å². The number of quaternary nitrogens is 1. The number of benzene rings is 2. The van der Waals surface area contributed by atoms with Crippen molar-refractivity contribution in [2.24, 2.45) is 5.92 Å². The van der Waals surface area contributed by atoms with Crippen LogP contribution in [0.3, 0.4) is 0 Å². The molecule has 3 heteroatoms. The van der Waals surface area contributed by atoms with E-state index >= 15 is 0 Å². The first kappa shape index (κ1) is 17.2. The van der Waals surface area contributed by atoms with Gasteiger partial charge in [-0.05, 0) is 12.8 Å². The molecule has 0 unspecified atom stereocenters. The van der Waals surface area contributed by atoms with Crippen LogP contribution in [0.4, 0.5) is 0 Å². The van der Waals surface area contributed by atoms with Gasteiger partial charge < -0.3 is 10.6 Å². The zero-order chi connectivity index (χ0) is 16.7. The Bertz CT molecular complexity index is 605. The van der Waals surface area contributed by atoms with Gasteiger partial charge in [0, 0.05) is 17.7 Å². The van der Waals surface area contributed by atoms with E-state index in [1.807, 2.05) is 18.2 Å². The van der Waals surface area contributed by atoms with Gasteiger partial charge in [-0.25, -0.2) is 0 Å². The van der Waals surface area contributed by atoms with Gasteiger partial charge >= 0.3 is 0 Å². The molecule has 2 aromatic rings. The van der Waals surface area contributed by atoms with Crippen molar-refractivity contribution in [1.29, 1.82) is 0 Å². The van der Waals surface area contributed by atoms with Crippen molar-refractivity contribution in [3.8, 4) is 0 Å². The monoisotopic (exact) mass is 311 g/mol. The molecule has 3 nitrogen and oxygen atoms in total. The number of hydrogen-bond acceptors (Lipinski definition) is 1. The fourth-order valence-corrected chi connectivity index (χ4v) is 2.51. The third kappa shape index (κ3) is 5.53. The van der Waals surface area contributed by atoms with E-state index in [4.69, 9.17) is 0 Å². The van der Waals surface area contributed by atoms with Gasteiger partial charge in [0.15, 0.2) is 6.54 Å². The highest BCUT2D eigenvalue weighted by Crippen LogP contribution is 2.18. The number of carbonyl (C=O) groups excluding carboxylic acids is 1. The third-order valence-electron chi connectivity index (χ3n) is 3.84. The van der Waals surface area contributed by atoms with Gasteiger partial charge in [-0.2, -0.15) is 0 Å². The average Bonchev–Trinajstić information content (AvgIpc) is 2.55. The summed E-state index contributed by atoms with van der Waals surface area (Å²) in [5, 5.41) is 5.09. The molecule has 23 heavy (non-hydrogen) atoms. The maximum Gasteiger partial charge on any atom is 0.275 e. The summed E-state index contributed by atoms with van der Waals surface area (Å²) in [6.07, 6.45) is 0. The van der Waals surface area contributed by atoms with Crippen molar-refractivity contribution in [3.63, 3.8) is 0 Å². The second-order valence-corrected chi connectivity index (χ2v) is 6.44. The minimum Gasteiger partial charge on any atom is -0.351 e. The number of carbonyl (C=O) groups is 1. The lowest BCUT2D eigenvalue weighted by Crippen LogP contribution is -2.87. The van der Waals surface area contributed by atoms with E-state index in [1.54, 1.807) is 0 Å². The average molecular weight is 311 g/mol. The fourth-order valence-electron chi connectivity index (χ4n) is 2.51. The van der Waals surface area contributed by atoms with Gasteiger partial charge in [0.05, 0.1) is 0 Å². The molecule has 3 N–H and O–H groups in total. The van der Waals surface area contributed by atoms with Crippen molar-refractivity contribution in [3.05, 3.63) is 71.3 Å². The van der Waals surface area contributed by atoms with Gasteiger partial charge in [0.25, 0.3) is 5.91 Å². The smallest absolute Gasteiger partial charge is 0.275 e. The largest absolute Gasteiger partial charge is 0.351 e. The molecule has 1 amide bonds. The number of rotatable bonds is 7. The topological polar surface area (TPSA) is 45.7 Å². The van der Waals surface area contributed by atoms with Crippen LogP contribution >= 0.6 is 0 Å². The van der Waals surface area contributed by atoms with E-state index < -0.39 is 0 Å². The van der Waals surface area contributed by atoms with Crippen LogP contribution in [0, 0.1) is 12.8 Å². The maximum atomic E-state index is 12.0. The van der Waals surface area contributed by atoms with Gasteiger partial charge in [0.2, 0.25) is 0 Å². The second kappa shape index (κ2) is 8.49. The van der Waals surface area contributed by atoms with Crippen molar-refractivity contribution in [2.75, 3.05) is 13.1 Å². The van der Waals surface area contributed by atoms with Gasteiger partial charge in [-0.15, -0.1) is 0 Å². The fraction of sp³-hybridized carbons (Fsp3) is 0.350. The molecule has 0 spiro atoms. The molecule has 0 aliphatic heterocycles. The first-order chi connectivity index (χ1) is 11.1. The quantitative estimate of drug-likeness (QED) is 0.810. The Morgan fingerprint density at radius 3 is 2.22 bits per heavy atom. The number of aryl methyl sites for hydroxylation is 1. The second-order valence-electron chi connectivity index (χ2n) is 6.44. The lowest BCUT2D eigenvalue weighted by atomic mass is 9.98. The highest BCUT2D eigenvalue weighted by molar-refractivity contribution is 5.76. The molecule has 0 saturated carbocycles. The Kier molecular flexibility index (Phi) is 6.36. The number of nitrogens with two attached hydrogens (primary N) is 1. The normalized spacial score (nSPS) is 12.2. The van der Waals surface area contributed by atoms with Crippen molar-refractivity contribution in [2.45, 2.75) is 26.8 Å². The third-order valence-corrected chi connectivity index (χ3v) is 3.84. The minimum absolute atomic E-state index is 0.0896. The molecule has 0 bridgehead atoms. The van der Waals surface area contributed by atoms with Crippen LogP contribution in [-0.2, 0) is 4.79 Å². The number of hydrogen-bond donors (Lipinski definition) is 2. The molecule has 0 heterocycles. The van der Waals surface area contributed by atoms with Crippen LogP contribution in [-0.4, -0.2) is 19.0 Å². The van der Waals surface area contributed by atoms with E-state index in [0.29, 0.717) is 12.5 Å². The molecular formula is C20H27N2O+. The van der Waals surface area contributed by atoms with Crippen LogP contribution in [0.15, 0.2) is 54.6 Å². The van der Waals surface area contributed by atoms with Crippen molar-refractivity contribution in [1.82, 2.24) is 5.32 Å². The predicted molar refractivity (Wildman–Crippen MR) is 94.1 cm³/mol. The van der Waals surface area contributed by atoms with Crippen LogP contribution in [0.5, 0.6) is 0 Å². The standard InChI is InChI=1S/C20H26N2O/c1-15(2)13-21-19(23)14-22-20(17-7-5-4-6-8-17)18-11-9-16(3)10-12-18/h4-12,15,20,22H,13-14H2,1-3H3,(H,21,23)/p+1/t20-/m1/s1. The van der Waals surface area contributed by atoms with E-state index in [1.165, 1.54) is 16.7 Å². The van der Waals surface area contributed by atoms with E-state index in [0.717, 1.165) is 6.54 Å². The summed E-state index contributed by atoms with van der Waals surface area (Å²) in [5.41, 5.74) is 3.68. The molecule has 2 rings (SSSR count). The van der Waals surface area contributed by atoms with E-state index in [-0.39, 0.29) is 11.9 Å². The molecule has 0 fully saturated rings. The molecular weight excluding hydrogens is 284 g/mol. The molecule has 2 aromatic carbocycles. The summed E-state index contributed by atoms with van der Waals surface area (Å²) in [6.45, 7) is 7.45. The van der Waals surface area contributed by atoms with Crippen LogP contribution in [0.1, 0.15) is 36.6 Å². The molecule has 0 aliphatic rings. The zero-order valence-corrected chi connectivity index (χ0v) is 14.3. The summed E-state index contributed by atoms with van der Waals surface area (Å²) < 4.78 is 0. The zero-order valence-electron chi connectivity index (χ0n) is 14.3. The molecule has 122 valence electrons. The van der Waals surface area contributed by atoms with Crippen LogP contribution in [0.25, 0.3) is 0 Å². The van der Waals surface area contributed by atoms with Gasteiger partial charge in [-0.1, -0.05) is 74.0 Å². The first-order valence-corrected chi connectivity index (χ1v) is 8.28. The Hall–Kier alpha value is -2.13. The Balaban J connectivity index is 2.09. The number of nitrogens with one attached hydrogen (secondary N) is 1. The Labute approximate surface area is 139 Å². The SMILES string of the molecule is Cc1ccc([C@H]([NH2+]CC(=O)NCC(C)C)c2ccccc2)cc1. The minimum atomic E-state index is 0.0896. The van der Waals surface area contributed by atoms with Gasteiger partial charge in [-0.3, -0.25) is 4.79 Å². The Morgan fingerprint density at radius 1 is 1.00 bits per heavy atom. The van der Waals surface area contributed by atoms with Crippen LogP contribution < -0.4 is 10.6 Å². The molecule has 1 atom stereocenters. The van der Waals surface area contributed by atoms with Gasteiger partial charge in [0.1, 0.15) is 6.04 Å². The first-order valence-electron chi connectivity index (χ1n) is 8.28. The summed E-state index contributed by atoms with van der Waals surface area (Å²) in [6, 6.07) is 19.0. The highest BCUT2D eigenvalue weighted by Gasteiger charge is 2.18. The summed E-state index contributed by atoms with van der Waals surface area (Å²) in [5.74, 6) is 0.563. The van der Waals surface area contributed by atoms with Crippen molar-refractivity contribution < 1.29 is 10.1 Å². The lowest BCUT2D eigenvalue weighted by Gasteiger charge is -2.17. The maximum absolute atomic E-state index is 12.0. The van der Waals surface area contributed by atoms with E-state index in [9.17, 15) is 4.79 Å². The molecule has 0 aliphatic carbocycles.